The van der Waals surface area contributed by atoms with Crippen LogP contribution in [-0.4, -0.2) is 68.6 Å². The summed E-state index contributed by atoms with van der Waals surface area (Å²) in [5.41, 5.74) is 2.50. The van der Waals surface area contributed by atoms with E-state index in [0.717, 1.165) is 16.9 Å². The molecule has 0 radical (unpaired) electrons. The quantitative estimate of drug-likeness (QED) is 0.403. The minimum Gasteiger partial charge on any atom is -0.497 e. The van der Waals surface area contributed by atoms with Crippen molar-refractivity contribution in [3.63, 3.8) is 0 Å². The van der Waals surface area contributed by atoms with Crippen molar-refractivity contribution in [2.75, 3.05) is 46.9 Å². The van der Waals surface area contributed by atoms with E-state index in [1.807, 2.05) is 36.4 Å². The first kappa shape index (κ1) is 26.3. The summed E-state index contributed by atoms with van der Waals surface area (Å²) in [4.78, 5) is 28.4. The Morgan fingerprint density at radius 1 is 0.919 bits per heavy atom. The zero-order valence-electron chi connectivity index (χ0n) is 21.1. The van der Waals surface area contributed by atoms with Gasteiger partial charge in [-0.25, -0.2) is 9.18 Å². The van der Waals surface area contributed by atoms with Crippen LogP contribution < -0.4 is 4.74 Å². The van der Waals surface area contributed by atoms with Gasteiger partial charge in [0.1, 0.15) is 11.6 Å². The zero-order valence-corrected chi connectivity index (χ0v) is 21.1. The summed E-state index contributed by atoms with van der Waals surface area (Å²) < 4.78 is 30.6. The van der Waals surface area contributed by atoms with Gasteiger partial charge >= 0.3 is 5.97 Å². The molecule has 0 N–H and O–H groups in total. The van der Waals surface area contributed by atoms with Crippen LogP contribution in [0.2, 0.25) is 0 Å². The first-order valence-corrected chi connectivity index (χ1v) is 12.2. The average molecular weight is 507 g/mol. The smallest absolute Gasteiger partial charge is 0.337 e. The predicted molar refractivity (Wildman–Crippen MR) is 137 cm³/mol. The van der Waals surface area contributed by atoms with E-state index in [4.69, 9.17) is 14.2 Å². The van der Waals surface area contributed by atoms with Gasteiger partial charge in [-0.2, -0.15) is 0 Å². The molecule has 0 spiro atoms. The number of hydrogen-bond donors (Lipinski definition) is 0. The van der Waals surface area contributed by atoms with Crippen molar-refractivity contribution in [2.45, 2.75) is 12.7 Å². The van der Waals surface area contributed by atoms with Crippen LogP contribution in [0, 0.1) is 5.82 Å². The topological polar surface area (TPSA) is 68.3 Å². The van der Waals surface area contributed by atoms with Gasteiger partial charge in [0.2, 0.25) is 0 Å². The van der Waals surface area contributed by atoms with E-state index in [-0.39, 0.29) is 23.5 Å². The number of benzene rings is 3. The molecule has 3 aromatic carbocycles. The summed E-state index contributed by atoms with van der Waals surface area (Å²) in [6.07, 6.45) is -0.246. The van der Waals surface area contributed by atoms with Crippen molar-refractivity contribution in [2.24, 2.45) is 0 Å². The lowest BCUT2D eigenvalue weighted by Gasteiger charge is -2.36. The SMILES string of the molecule is COC(=O)c1ccc(COC(CN2CCN(C(=O)c3ccccc3F)CC2)c2cccc(OC)c2)cc1. The number of rotatable bonds is 9. The number of halogens is 1. The molecule has 1 aliphatic rings. The van der Waals surface area contributed by atoms with E-state index in [2.05, 4.69) is 4.90 Å². The Kier molecular flexibility index (Phi) is 8.87. The minimum atomic E-state index is -0.499. The molecule has 1 heterocycles. The van der Waals surface area contributed by atoms with Crippen LogP contribution in [0.1, 0.15) is 37.9 Å². The normalized spacial score (nSPS) is 14.7. The maximum absolute atomic E-state index is 14.1. The number of esters is 1. The molecule has 0 bridgehead atoms. The molecule has 8 heteroatoms. The summed E-state index contributed by atoms with van der Waals surface area (Å²) in [7, 11) is 2.98. The summed E-state index contributed by atoms with van der Waals surface area (Å²) in [6.45, 7) is 3.29. The highest BCUT2D eigenvalue weighted by molar-refractivity contribution is 5.94. The highest BCUT2D eigenvalue weighted by Crippen LogP contribution is 2.25. The highest BCUT2D eigenvalue weighted by Gasteiger charge is 2.26. The van der Waals surface area contributed by atoms with Gasteiger partial charge in [0.25, 0.3) is 5.91 Å². The van der Waals surface area contributed by atoms with Crippen molar-refractivity contribution >= 4 is 11.9 Å². The van der Waals surface area contributed by atoms with Crippen LogP contribution in [0.3, 0.4) is 0 Å². The Balaban J connectivity index is 1.41. The molecule has 1 aliphatic heterocycles. The molecule has 1 saturated heterocycles. The van der Waals surface area contributed by atoms with Crippen LogP contribution in [0.5, 0.6) is 5.75 Å². The van der Waals surface area contributed by atoms with E-state index in [0.29, 0.717) is 44.9 Å². The number of ether oxygens (including phenoxy) is 3. The number of carbonyl (C=O) groups is 2. The second-order valence-electron chi connectivity index (χ2n) is 8.84. The molecule has 0 saturated carbocycles. The highest BCUT2D eigenvalue weighted by atomic mass is 19.1. The third-order valence-corrected chi connectivity index (χ3v) is 6.48. The van der Waals surface area contributed by atoms with Gasteiger partial charge in [0.15, 0.2) is 0 Å². The third kappa shape index (κ3) is 6.72. The van der Waals surface area contributed by atoms with E-state index < -0.39 is 5.82 Å². The number of carbonyl (C=O) groups excluding carboxylic acids is 2. The number of amides is 1. The van der Waals surface area contributed by atoms with Crippen LogP contribution in [0.15, 0.2) is 72.8 Å². The number of hydrogen-bond acceptors (Lipinski definition) is 6. The lowest BCUT2D eigenvalue weighted by molar-refractivity contribution is 0.00327. The van der Waals surface area contributed by atoms with Gasteiger partial charge in [-0.15, -0.1) is 0 Å². The lowest BCUT2D eigenvalue weighted by atomic mass is 10.1. The van der Waals surface area contributed by atoms with Crippen LogP contribution in [0.25, 0.3) is 0 Å². The molecule has 4 rings (SSSR count). The Labute approximate surface area is 216 Å². The first-order chi connectivity index (χ1) is 18.0. The van der Waals surface area contributed by atoms with Crippen molar-refractivity contribution in [3.05, 3.63) is 101 Å². The zero-order chi connectivity index (χ0) is 26.2. The third-order valence-electron chi connectivity index (χ3n) is 6.48. The Hall–Kier alpha value is -3.75. The maximum Gasteiger partial charge on any atom is 0.337 e. The molecule has 1 amide bonds. The monoisotopic (exact) mass is 506 g/mol. The van der Waals surface area contributed by atoms with Crippen molar-refractivity contribution in [1.82, 2.24) is 9.80 Å². The molecule has 0 aliphatic carbocycles. The van der Waals surface area contributed by atoms with E-state index in [1.54, 1.807) is 36.3 Å². The van der Waals surface area contributed by atoms with Gasteiger partial charge in [0.05, 0.1) is 38.1 Å². The fraction of sp³-hybridized carbons (Fsp3) is 0.310. The maximum atomic E-state index is 14.1. The molecule has 7 nitrogen and oxygen atoms in total. The summed E-state index contributed by atoms with van der Waals surface area (Å²) in [6, 6.07) is 21.0. The molecule has 1 atom stereocenters. The summed E-state index contributed by atoms with van der Waals surface area (Å²) >= 11 is 0. The van der Waals surface area contributed by atoms with Gasteiger partial charge in [-0.3, -0.25) is 9.69 Å². The molecule has 37 heavy (non-hydrogen) atoms. The van der Waals surface area contributed by atoms with Gasteiger partial charge in [-0.1, -0.05) is 36.4 Å². The largest absolute Gasteiger partial charge is 0.497 e. The number of nitrogens with zero attached hydrogens (tertiary/aromatic N) is 2. The Bertz CT molecular complexity index is 1210. The fourth-order valence-corrected chi connectivity index (χ4v) is 4.32. The second kappa shape index (κ2) is 12.5. The molecule has 1 fully saturated rings. The molecule has 194 valence electrons. The molecule has 3 aromatic rings. The second-order valence-corrected chi connectivity index (χ2v) is 8.84. The number of methoxy groups -OCH3 is 2. The van der Waals surface area contributed by atoms with Crippen LogP contribution in [-0.2, 0) is 16.1 Å². The Morgan fingerprint density at radius 2 is 1.65 bits per heavy atom. The van der Waals surface area contributed by atoms with Crippen molar-refractivity contribution in [3.8, 4) is 5.75 Å². The van der Waals surface area contributed by atoms with E-state index in [1.165, 1.54) is 19.2 Å². The lowest BCUT2D eigenvalue weighted by Crippen LogP contribution is -2.49. The van der Waals surface area contributed by atoms with Gasteiger partial charge in [0, 0.05) is 32.7 Å². The van der Waals surface area contributed by atoms with Crippen molar-refractivity contribution in [1.29, 1.82) is 0 Å². The predicted octanol–water partition coefficient (Wildman–Crippen LogP) is 4.34. The van der Waals surface area contributed by atoms with E-state index >= 15 is 0 Å². The summed E-state index contributed by atoms with van der Waals surface area (Å²) in [5.74, 6) is -0.419. The molecular formula is C29H31FN2O5. The molecular weight excluding hydrogens is 475 g/mol. The molecule has 1 unspecified atom stereocenters. The summed E-state index contributed by atoms with van der Waals surface area (Å²) in [5, 5.41) is 0. The van der Waals surface area contributed by atoms with E-state index in [9.17, 15) is 14.0 Å². The molecule has 0 aromatic heterocycles. The number of piperazine rings is 1. The van der Waals surface area contributed by atoms with Gasteiger partial charge in [-0.05, 0) is 47.5 Å². The van der Waals surface area contributed by atoms with Crippen molar-refractivity contribution < 1.29 is 28.2 Å². The Morgan fingerprint density at radius 3 is 2.32 bits per heavy atom. The van der Waals surface area contributed by atoms with Gasteiger partial charge < -0.3 is 19.1 Å². The standard InChI is InChI=1S/C29H31FN2O5/c1-35-24-7-5-6-23(18-24)27(37-20-21-10-12-22(13-11-21)29(34)36-2)19-31-14-16-32(17-15-31)28(33)25-8-3-4-9-26(25)30/h3-13,18,27H,14-17,19-20H2,1-2H3. The fourth-order valence-electron chi connectivity index (χ4n) is 4.32. The van der Waals surface area contributed by atoms with Crippen LogP contribution >= 0.6 is 0 Å². The first-order valence-electron chi connectivity index (χ1n) is 12.2. The van der Waals surface area contributed by atoms with Crippen LogP contribution in [0.4, 0.5) is 4.39 Å². The average Bonchev–Trinajstić information content (AvgIpc) is 2.95. The minimum absolute atomic E-state index is 0.103.